The Bertz CT molecular complexity index is 853. The van der Waals surface area contributed by atoms with Gasteiger partial charge in [-0.2, -0.15) is 5.10 Å². The molecule has 6 heteroatoms. The first-order chi connectivity index (χ1) is 11.0. The maximum absolute atomic E-state index is 12.4. The van der Waals surface area contributed by atoms with Crippen LogP contribution in [0.1, 0.15) is 26.4 Å². The van der Waals surface area contributed by atoms with Gasteiger partial charge < -0.3 is 5.32 Å². The van der Waals surface area contributed by atoms with E-state index in [1.807, 2.05) is 43.5 Å². The molecule has 0 aliphatic heterocycles. The number of nitrogens with zero attached hydrogens (tertiary/aromatic N) is 2. The fourth-order valence-electron chi connectivity index (χ4n) is 2.26. The van der Waals surface area contributed by atoms with E-state index in [1.165, 1.54) is 11.3 Å². The van der Waals surface area contributed by atoms with E-state index in [4.69, 9.17) is 11.6 Å². The third-order valence-electron chi connectivity index (χ3n) is 3.68. The molecule has 2 aromatic heterocycles. The molecule has 0 atom stereocenters. The summed E-state index contributed by atoms with van der Waals surface area (Å²) in [5.74, 6) is -0.0894. The Morgan fingerprint density at radius 1 is 1.39 bits per heavy atom. The Kier molecular flexibility index (Phi) is 4.50. The number of carbonyl (C=O) groups is 1. The Hall–Kier alpha value is -2.11. The van der Waals surface area contributed by atoms with Crippen molar-refractivity contribution in [3.05, 3.63) is 68.6 Å². The van der Waals surface area contributed by atoms with Crippen LogP contribution in [-0.4, -0.2) is 15.7 Å². The van der Waals surface area contributed by atoms with Gasteiger partial charge in [-0.25, -0.2) is 0 Å². The zero-order valence-electron chi connectivity index (χ0n) is 12.8. The van der Waals surface area contributed by atoms with Crippen molar-refractivity contribution in [3.63, 3.8) is 0 Å². The number of thiophene rings is 1. The summed E-state index contributed by atoms with van der Waals surface area (Å²) in [6.45, 7) is 4.63. The quantitative estimate of drug-likeness (QED) is 0.756. The number of aryl methyl sites for hydroxylation is 1. The highest BCUT2D eigenvalue weighted by molar-refractivity contribution is 7.12. The number of anilines is 1. The molecule has 1 N–H and O–H groups in total. The van der Waals surface area contributed by atoms with Crippen LogP contribution in [0.5, 0.6) is 0 Å². The van der Waals surface area contributed by atoms with E-state index in [0.29, 0.717) is 16.4 Å². The number of nitrogens with one attached hydrogen (secondary N) is 1. The molecule has 0 spiro atoms. The first-order valence-corrected chi connectivity index (χ1v) is 8.41. The van der Waals surface area contributed by atoms with E-state index in [0.717, 1.165) is 22.4 Å². The van der Waals surface area contributed by atoms with Crippen molar-refractivity contribution < 1.29 is 4.79 Å². The van der Waals surface area contributed by atoms with Gasteiger partial charge in [0.25, 0.3) is 5.91 Å². The topological polar surface area (TPSA) is 46.9 Å². The van der Waals surface area contributed by atoms with Gasteiger partial charge in [0.1, 0.15) is 0 Å². The number of halogens is 1. The molecule has 0 saturated carbocycles. The minimum absolute atomic E-state index is 0.0894. The Morgan fingerprint density at radius 2 is 2.22 bits per heavy atom. The molecule has 3 rings (SSSR count). The minimum atomic E-state index is -0.0894. The minimum Gasteiger partial charge on any atom is -0.321 e. The number of hydrogen-bond donors (Lipinski definition) is 1. The van der Waals surface area contributed by atoms with Gasteiger partial charge >= 0.3 is 0 Å². The maximum Gasteiger partial charge on any atom is 0.265 e. The average Bonchev–Trinajstić information content (AvgIpc) is 3.14. The molecule has 0 aliphatic rings. The maximum atomic E-state index is 12.4. The van der Waals surface area contributed by atoms with Crippen molar-refractivity contribution in [3.8, 4) is 0 Å². The van der Waals surface area contributed by atoms with Gasteiger partial charge in [-0.05, 0) is 48.1 Å². The molecular formula is C17H16ClN3OS. The summed E-state index contributed by atoms with van der Waals surface area (Å²) >= 11 is 7.28. The van der Waals surface area contributed by atoms with Gasteiger partial charge in [0, 0.05) is 11.9 Å². The van der Waals surface area contributed by atoms with Crippen LogP contribution in [0.25, 0.3) is 0 Å². The monoisotopic (exact) mass is 345 g/mol. The van der Waals surface area contributed by atoms with E-state index < -0.39 is 0 Å². The molecule has 0 radical (unpaired) electrons. The lowest BCUT2D eigenvalue weighted by atomic mass is 10.1. The number of hydrogen-bond acceptors (Lipinski definition) is 3. The van der Waals surface area contributed by atoms with Crippen LogP contribution in [0, 0.1) is 13.8 Å². The zero-order valence-corrected chi connectivity index (χ0v) is 14.4. The summed E-state index contributed by atoms with van der Waals surface area (Å²) in [5.41, 5.74) is 4.12. The van der Waals surface area contributed by atoms with Crippen molar-refractivity contribution in [1.29, 1.82) is 0 Å². The molecule has 0 unspecified atom stereocenters. The van der Waals surface area contributed by atoms with Gasteiger partial charge in [-0.1, -0.05) is 23.7 Å². The predicted octanol–water partition coefficient (Wildman–Crippen LogP) is 4.52. The normalized spacial score (nSPS) is 10.7. The van der Waals surface area contributed by atoms with Crippen LogP contribution >= 0.6 is 22.9 Å². The molecule has 0 aliphatic carbocycles. The lowest BCUT2D eigenvalue weighted by Gasteiger charge is -2.09. The van der Waals surface area contributed by atoms with E-state index in [-0.39, 0.29) is 5.91 Å². The number of carbonyl (C=O) groups excluding carboxylic acids is 1. The second-order valence-corrected chi connectivity index (χ2v) is 6.72. The standard InChI is InChI=1S/C17H16ClN3OS/c1-11-4-3-5-15(12(11)2)20-17(22)16-6-13(10-23-16)8-21-9-14(18)7-19-21/h3-7,9-10H,8H2,1-2H3,(H,20,22). The van der Waals surface area contributed by atoms with Crippen LogP contribution in [-0.2, 0) is 6.54 Å². The zero-order chi connectivity index (χ0) is 16.4. The SMILES string of the molecule is Cc1cccc(NC(=O)c2cc(Cn3cc(Cl)cn3)cs2)c1C. The third-order valence-corrected chi connectivity index (χ3v) is 4.85. The second kappa shape index (κ2) is 6.56. The number of amides is 1. The van der Waals surface area contributed by atoms with Gasteiger partial charge in [0.15, 0.2) is 0 Å². The van der Waals surface area contributed by atoms with Crippen LogP contribution in [0.3, 0.4) is 0 Å². The van der Waals surface area contributed by atoms with Crippen molar-refractivity contribution in [2.45, 2.75) is 20.4 Å². The molecule has 118 valence electrons. The van der Waals surface area contributed by atoms with E-state index in [2.05, 4.69) is 10.4 Å². The van der Waals surface area contributed by atoms with E-state index in [9.17, 15) is 4.79 Å². The summed E-state index contributed by atoms with van der Waals surface area (Å²) in [7, 11) is 0. The molecule has 2 heterocycles. The smallest absolute Gasteiger partial charge is 0.265 e. The Balaban J connectivity index is 1.72. The second-order valence-electron chi connectivity index (χ2n) is 5.38. The highest BCUT2D eigenvalue weighted by Crippen LogP contribution is 2.21. The Labute approximate surface area is 143 Å². The highest BCUT2D eigenvalue weighted by atomic mass is 35.5. The predicted molar refractivity (Wildman–Crippen MR) is 94.5 cm³/mol. The molecule has 0 saturated heterocycles. The van der Waals surface area contributed by atoms with Crippen molar-refractivity contribution in [2.24, 2.45) is 0 Å². The first-order valence-electron chi connectivity index (χ1n) is 7.16. The van der Waals surface area contributed by atoms with Gasteiger partial charge in [-0.15, -0.1) is 11.3 Å². The fraction of sp³-hybridized carbons (Fsp3) is 0.176. The summed E-state index contributed by atoms with van der Waals surface area (Å²) < 4.78 is 1.75. The largest absolute Gasteiger partial charge is 0.321 e. The number of rotatable bonds is 4. The van der Waals surface area contributed by atoms with Crippen LogP contribution in [0.2, 0.25) is 5.02 Å². The molecule has 4 nitrogen and oxygen atoms in total. The highest BCUT2D eigenvalue weighted by Gasteiger charge is 2.11. The van der Waals surface area contributed by atoms with Gasteiger partial charge in [0.2, 0.25) is 0 Å². The summed E-state index contributed by atoms with van der Waals surface area (Å²) in [5, 5.41) is 9.69. The summed E-state index contributed by atoms with van der Waals surface area (Å²) in [4.78, 5) is 13.1. The number of aromatic nitrogens is 2. The van der Waals surface area contributed by atoms with E-state index >= 15 is 0 Å². The van der Waals surface area contributed by atoms with Crippen LogP contribution in [0.15, 0.2) is 42.0 Å². The van der Waals surface area contributed by atoms with E-state index in [1.54, 1.807) is 17.1 Å². The molecular weight excluding hydrogens is 330 g/mol. The fourth-order valence-corrected chi connectivity index (χ4v) is 3.21. The molecule has 1 amide bonds. The average molecular weight is 346 g/mol. The summed E-state index contributed by atoms with van der Waals surface area (Å²) in [6.07, 6.45) is 3.36. The summed E-state index contributed by atoms with van der Waals surface area (Å²) in [6, 6.07) is 7.78. The molecule has 0 bridgehead atoms. The van der Waals surface area contributed by atoms with Crippen LogP contribution in [0.4, 0.5) is 5.69 Å². The Morgan fingerprint density at radius 3 is 2.96 bits per heavy atom. The molecule has 0 fully saturated rings. The lowest BCUT2D eigenvalue weighted by molar-refractivity contribution is 0.103. The molecule has 3 aromatic rings. The van der Waals surface area contributed by atoms with Crippen molar-refractivity contribution in [2.75, 3.05) is 5.32 Å². The van der Waals surface area contributed by atoms with Crippen molar-refractivity contribution in [1.82, 2.24) is 9.78 Å². The van der Waals surface area contributed by atoms with Crippen LogP contribution < -0.4 is 5.32 Å². The van der Waals surface area contributed by atoms with Gasteiger partial charge in [0.05, 0.1) is 22.6 Å². The first kappa shape index (κ1) is 15.8. The third kappa shape index (κ3) is 3.63. The lowest BCUT2D eigenvalue weighted by Crippen LogP contribution is -2.11. The number of benzene rings is 1. The van der Waals surface area contributed by atoms with Gasteiger partial charge in [-0.3, -0.25) is 9.48 Å². The molecule has 1 aromatic carbocycles. The molecule has 23 heavy (non-hydrogen) atoms. The van der Waals surface area contributed by atoms with Crippen molar-refractivity contribution >= 4 is 34.5 Å².